The lowest BCUT2D eigenvalue weighted by atomic mass is 9.90. The lowest BCUT2D eigenvalue weighted by Crippen LogP contribution is -2.13. The van der Waals surface area contributed by atoms with Crippen molar-refractivity contribution in [2.24, 2.45) is 5.16 Å². The van der Waals surface area contributed by atoms with Gasteiger partial charge in [0.2, 0.25) is 0 Å². The molecule has 0 fully saturated rings. The van der Waals surface area contributed by atoms with Gasteiger partial charge in [0.1, 0.15) is 0 Å². The second kappa shape index (κ2) is 6.51. The number of fused-ring (bicyclic) bond motifs is 1. The normalized spacial score (nSPS) is 15.5. The van der Waals surface area contributed by atoms with Crippen molar-refractivity contribution in [3.05, 3.63) is 69.2 Å². The molecular formula is C17H13Cl2NO2. The molecule has 1 aliphatic carbocycles. The Labute approximate surface area is 138 Å². The van der Waals surface area contributed by atoms with E-state index in [1.54, 1.807) is 12.1 Å². The minimum absolute atomic E-state index is 0.312. The van der Waals surface area contributed by atoms with Crippen LogP contribution in [0.5, 0.6) is 0 Å². The fourth-order valence-electron chi connectivity index (χ4n) is 2.47. The predicted molar refractivity (Wildman–Crippen MR) is 87.8 cm³/mol. The third-order valence-corrected chi connectivity index (χ3v) is 4.32. The Morgan fingerprint density at radius 3 is 2.68 bits per heavy atom. The van der Waals surface area contributed by atoms with Crippen LogP contribution in [0.25, 0.3) is 0 Å². The Hall–Kier alpha value is -1.84. The van der Waals surface area contributed by atoms with E-state index in [4.69, 9.17) is 28.0 Å². The summed E-state index contributed by atoms with van der Waals surface area (Å²) in [6.07, 6.45) is 2.82. The number of carbonyl (C=O) groups excluding carboxylic acids is 1. The molecular weight excluding hydrogens is 321 g/mol. The molecule has 112 valence electrons. The summed E-state index contributed by atoms with van der Waals surface area (Å²) in [7, 11) is 0. The largest absolute Gasteiger partial charge is 0.365 e. The molecule has 22 heavy (non-hydrogen) atoms. The second-order valence-corrected chi connectivity index (χ2v) is 5.87. The van der Waals surface area contributed by atoms with E-state index >= 15 is 0 Å². The van der Waals surface area contributed by atoms with Gasteiger partial charge >= 0.3 is 5.97 Å². The highest BCUT2D eigenvalue weighted by Gasteiger charge is 2.16. The van der Waals surface area contributed by atoms with Gasteiger partial charge in [0.25, 0.3) is 0 Å². The maximum absolute atomic E-state index is 12.0. The molecule has 2 aromatic rings. The van der Waals surface area contributed by atoms with Crippen molar-refractivity contribution < 1.29 is 9.63 Å². The summed E-state index contributed by atoms with van der Waals surface area (Å²) < 4.78 is 0. The molecule has 0 bridgehead atoms. The average molecular weight is 334 g/mol. The zero-order valence-corrected chi connectivity index (χ0v) is 13.2. The quantitative estimate of drug-likeness (QED) is 0.579. The van der Waals surface area contributed by atoms with Crippen LogP contribution in [0.3, 0.4) is 0 Å². The highest BCUT2D eigenvalue weighted by atomic mass is 35.5. The van der Waals surface area contributed by atoms with Crippen LogP contribution in [0.15, 0.2) is 47.6 Å². The third kappa shape index (κ3) is 3.16. The summed E-state index contributed by atoms with van der Waals surface area (Å²) in [4.78, 5) is 17.1. The van der Waals surface area contributed by atoms with Gasteiger partial charge in [-0.25, -0.2) is 4.79 Å². The molecule has 0 saturated carbocycles. The first-order valence-electron chi connectivity index (χ1n) is 6.96. The molecule has 0 aromatic heterocycles. The van der Waals surface area contributed by atoms with Gasteiger partial charge in [-0.2, -0.15) is 0 Å². The Bertz CT molecular complexity index is 756. The van der Waals surface area contributed by atoms with Crippen molar-refractivity contribution in [3.63, 3.8) is 0 Å². The Kier molecular flexibility index (Phi) is 4.46. The first-order chi connectivity index (χ1) is 10.6. The van der Waals surface area contributed by atoms with Gasteiger partial charge in [-0.1, -0.05) is 52.6 Å². The lowest BCUT2D eigenvalue weighted by Gasteiger charge is -2.16. The van der Waals surface area contributed by atoms with Crippen LogP contribution >= 0.6 is 23.2 Å². The first kappa shape index (κ1) is 15.1. The van der Waals surface area contributed by atoms with E-state index in [1.165, 1.54) is 11.6 Å². The Morgan fingerprint density at radius 2 is 1.86 bits per heavy atom. The van der Waals surface area contributed by atoms with Crippen molar-refractivity contribution in [3.8, 4) is 0 Å². The fourth-order valence-corrected chi connectivity index (χ4v) is 2.77. The average Bonchev–Trinajstić information content (AvgIpc) is 2.55. The maximum Gasteiger partial charge on any atom is 0.365 e. The van der Waals surface area contributed by atoms with E-state index < -0.39 is 5.97 Å². The van der Waals surface area contributed by atoms with Crippen LogP contribution < -0.4 is 0 Å². The van der Waals surface area contributed by atoms with Crippen LogP contribution in [0.1, 0.15) is 34.3 Å². The smallest absolute Gasteiger partial charge is 0.313 e. The van der Waals surface area contributed by atoms with Gasteiger partial charge in [-0.05, 0) is 43.0 Å². The van der Waals surface area contributed by atoms with E-state index in [2.05, 4.69) is 11.2 Å². The van der Waals surface area contributed by atoms with E-state index in [0.29, 0.717) is 15.6 Å². The molecule has 0 aliphatic heterocycles. The Balaban J connectivity index is 1.79. The minimum atomic E-state index is -0.547. The molecule has 0 atom stereocenters. The van der Waals surface area contributed by atoms with E-state index in [0.717, 1.165) is 30.5 Å². The van der Waals surface area contributed by atoms with E-state index in [-0.39, 0.29) is 0 Å². The van der Waals surface area contributed by atoms with E-state index in [1.807, 2.05) is 18.2 Å². The second-order valence-electron chi connectivity index (χ2n) is 5.06. The number of rotatable bonds is 2. The predicted octanol–water partition coefficient (Wildman–Crippen LogP) is 4.89. The zero-order valence-electron chi connectivity index (χ0n) is 11.7. The highest BCUT2D eigenvalue weighted by molar-refractivity contribution is 6.42. The molecule has 5 heteroatoms. The number of carbonyl (C=O) groups is 1. The molecule has 1 aliphatic rings. The van der Waals surface area contributed by atoms with Crippen LogP contribution in [0.2, 0.25) is 10.0 Å². The molecule has 2 aromatic carbocycles. The van der Waals surface area contributed by atoms with Gasteiger partial charge in [0.05, 0.1) is 21.3 Å². The summed E-state index contributed by atoms with van der Waals surface area (Å²) in [5, 5.41) is 4.75. The topological polar surface area (TPSA) is 38.7 Å². The Morgan fingerprint density at radius 1 is 1.05 bits per heavy atom. The SMILES string of the molecule is O=C(O/N=C1/CCCc2ccccc21)c1ccc(Cl)c(Cl)c1. The number of benzene rings is 2. The lowest BCUT2D eigenvalue weighted by molar-refractivity contribution is 0.0515. The van der Waals surface area contributed by atoms with Crippen LogP contribution in [-0.2, 0) is 11.3 Å². The summed E-state index contributed by atoms with van der Waals surface area (Å²) in [5.41, 5.74) is 3.41. The minimum Gasteiger partial charge on any atom is -0.313 e. The zero-order chi connectivity index (χ0) is 15.5. The summed E-state index contributed by atoms with van der Waals surface area (Å²) in [6, 6.07) is 12.6. The number of oxime groups is 1. The number of hydrogen-bond donors (Lipinski definition) is 0. The molecule has 0 amide bonds. The first-order valence-corrected chi connectivity index (χ1v) is 7.72. The third-order valence-electron chi connectivity index (χ3n) is 3.58. The maximum atomic E-state index is 12.0. The van der Waals surface area contributed by atoms with Gasteiger partial charge in [0.15, 0.2) is 0 Å². The molecule has 3 rings (SSSR count). The number of hydrogen-bond acceptors (Lipinski definition) is 3. The molecule has 0 spiro atoms. The summed E-state index contributed by atoms with van der Waals surface area (Å²) in [5.74, 6) is -0.547. The molecule has 3 nitrogen and oxygen atoms in total. The van der Waals surface area contributed by atoms with Gasteiger partial charge in [-0.15, -0.1) is 0 Å². The summed E-state index contributed by atoms with van der Waals surface area (Å²) >= 11 is 11.7. The molecule has 0 unspecified atom stereocenters. The van der Waals surface area contributed by atoms with Crippen molar-refractivity contribution in [2.75, 3.05) is 0 Å². The standard InChI is InChI=1S/C17H13Cl2NO2/c18-14-9-8-12(10-15(14)19)17(21)22-20-16-7-3-5-11-4-1-2-6-13(11)16/h1-2,4,6,8-10H,3,5,7H2/b20-16-. The highest BCUT2D eigenvalue weighted by Crippen LogP contribution is 2.24. The molecule has 0 heterocycles. The van der Waals surface area contributed by atoms with Crippen LogP contribution in [0, 0.1) is 0 Å². The molecule has 0 N–H and O–H groups in total. The van der Waals surface area contributed by atoms with Gasteiger partial charge < -0.3 is 4.84 Å². The summed E-state index contributed by atoms with van der Waals surface area (Å²) in [6.45, 7) is 0. The van der Waals surface area contributed by atoms with Crippen LogP contribution in [-0.4, -0.2) is 11.7 Å². The number of halogens is 2. The molecule has 0 radical (unpaired) electrons. The van der Waals surface area contributed by atoms with Crippen molar-refractivity contribution >= 4 is 34.9 Å². The van der Waals surface area contributed by atoms with E-state index in [9.17, 15) is 4.79 Å². The monoisotopic (exact) mass is 333 g/mol. The van der Waals surface area contributed by atoms with Gasteiger partial charge in [0, 0.05) is 5.56 Å². The molecule has 0 saturated heterocycles. The van der Waals surface area contributed by atoms with Crippen molar-refractivity contribution in [2.45, 2.75) is 19.3 Å². The van der Waals surface area contributed by atoms with Crippen molar-refractivity contribution in [1.82, 2.24) is 0 Å². The fraction of sp³-hybridized carbons (Fsp3) is 0.176. The number of aryl methyl sites for hydroxylation is 1. The number of nitrogens with zero attached hydrogens (tertiary/aromatic N) is 1. The van der Waals surface area contributed by atoms with Crippen LogP contribution in [0.4, 0.5) is 0 Å². The van der Waals surface area contributed by atoms with Crippen molar-refractivity contribution in [1.29, 1.82) is 0 Å². The van der Waals surface area contributed by atoms with Gasteiger partial charge in [-0.3, -0.25) is 0 Å².